The lowest BCUT2D eigenvalue weighted by Crippen LogP contribution is -2.18. The topological polar surface area (TPSA) is 53.1 Å². The molecule has 0 bridgehead atoms. The van der Waals surface area contributed by atoms with Crippen LogP contribution in [0.25, 0.3) is 33.4 Å². The minimum absolute atomic E-state index is 0.00300. The summed E-state index contributed by atoms with van der Waals surface area (Å²) in [7, 11) is 0. The van der Waals surface area contributed by atoms with Crippen molar-refractivity contribution in [1.82, 2.24) is 14.8 Å². The number of nitrogens with zero attached hydrogens (tertiary/aromatic N) is 3. The van der Waals surface area contributed by atoms with Crippen molar-refractivity contribution in [1.29, 1.82) is 0 Å². The number of hydrogen-bond donors (Lipinski definition) is 0. The summed E-state index contributed by atoms with van der Waals surface area (Å²) in [4.78, 5) is 4.16. The van der Waals surface area contributed by atoms with E-state index in [9.17, 15) is 0 Å². The average molecular weight is 402 g/mol. The van der Waals surface area contributed by atoms with Crippen LogP contribution < -0.4 is 0 Å². The number of hydrogen-bond acceptors (Lipinski definition) is 4. The predicted molar refractivity (Wildman–Crippen MR) is 118 cm³/mol. The summed E-state index contributed by atoms with van der Waals surface area (Å²) in [5.41, 5.74) is 5.66. The van der Waals surface area contributed by atoms with Gasteiger partial charge in [0.05, 0.1) is 11.7 Å². The Bertz CT molecular complexity index is 1150. The molecule has 0 spiro atoms. The molecule has 0 radical (unpaired) electrons. The number of aromatic nitrogens is 3. The number of benzene rings is 2. The Balaban J connectivity index is 1.65. The van der Waals surface area contributed by atoms with Crippen molar-refractivity contribution < 1.29 is 9.15 Å². The summed E-state index contributed by atoms with van der Waals surface area (Å²) in [5.74, 6) is 0.750. The number of fused-ring (bicyclic) bond motifs is 1. The molecule has 1 aliphatic rings. The molecule has 5 heteroatoms. The van der Waals surface area contributed by atoms with Crippen molar-refractivity contribution in [2.24, 2.45) is 0 Å². The van der Waals surface area contributed by atoms with Crippen LogP contribution >= 0.6 is 0 Å². The largest absolute Gasteiger partial charge is 0.443 e. The highest BCUT2D eigenvalue weighted by Crippen LogP contribution is 2.39. The quantitative estimate of drug-likeness (QED) is 0.401. The minimum Gasteiger partial charge on any atom is -0.443 e. The summed E-state index contributed by atoms with van der Waals surface area (Å²) in [6, 6.07) is 13.0. The van der Waals surface area contributed by atoms with E-state index in [2.05, 4.69) is 68.4 Å². The van der Waals surface area contributed by atoms with Crippen LogP contribution in [0.15, 0.2) is 59.6 Å². The zero-order chi connectivity index (χ0) is 20.7. The van der Waals surface area contributed by atoms with Gasteiger partial charge in [0.2, 0.25) is 0 Å². The number of rotatable bonds is 3. The van der Waals surface area contributed by atoms with Gasteiger partial charge in [-0.25, -0.2) is 9.67 Å². The standard InChI is InChI=1S/C25H27N3O2/c1-25(2,3)18-9-7-17(8-10-18)19-11-12-21-20(24(19)22-14-26-16-30-22)15-28(27-21)23-6-4-5-13-29-23/h7-12,14-16,23H,4-6,13H2,1-3H3. The average Bonchev–Trinajstić information content (AvgIpc) is 3.43. The fourth-order valence-corrected chi connectivity index (χ4v) is 4.19. The van der Waals surface area contributed by atoms with Crippen molar-refractivity contribution in [3.8, 4) is 22.5 Å². The third-order valence-corrected chi connectivity index (χ3v) is 5.90. The summed E-state index contributed by atoms with van der Waals surface area (Å²) in [6.45, 7) is 7.49. The molecule has 2 aromatic heterocycles. The molecular formula is C25H27N3O2. The summed E-state index contributed by atoms with van der Waals surface area (Å²) >= 11 is 0. The van der Waals surface area contributed by atoms with Crippen LogP contribution in [0.3, 0.4) is 0 Å². The van der Waals surface area contributed by atoms with Crippen LogP contribution in [-0.4, -0.2) is 21.4 Å². The van der Waals surface area contributed by atoms with E-state index >= 15 is 0 Å². The molecule has 1 unspecified atom stereocenters. The van der Waals surface area contributed by atoms with Crippen LogP contribution in [0.4, 0.5) is 0 Å². The molecule has 3 heterocycles. The lowest BCUT2D eigenvalue weighted by molar-refractivity contribution is -0.0390. The molecule has 4 aromatic rings. The number of oxazole rings is 1. The van der Waals surface area contributed by atoms with Crippen molar-refractivity contribution >= 4 is 10.9 Å². The third-order valence-electron chi connectivity index (χ3n) is 5.90. The van der Waals surface area contributed by atoms with E-state index < -0.39 is 0 Å². The smallest absolute Gasteiger partial charge is 0.181 e. The molecule has 30 heavy (non-hydrogen) atoms. The first-order valence-electron chi connectivity index (χ1n) is 10.6. The Kier molecular flexibility index (Phi) is 4.70. The van der Waals surface area contributed by atoms with Gasteiger partial charge in [-0.05, 0) is 47.4 Å². The van der Waals surface area contributed by atoms with E-state index in [1.165, 1.54) is 18.4 Å². The Morgan fingerprint density at radius 3 is 2.53 bits per heavy atom. The lowest BCUT2D eigenvalue weighted by Gasteiger charge is -2.22. The van der Waals surface area contributed by atoms with Gasteiger partial charge in [0, 0.05) is 23.8 Å². The molecule has 1 aliphatic heterocycles. The molecule has 0 aliphatic carbocycles. The summed E-state index contributed by atoms with van der Waals surface area (Å²) in [6.07, 6.45) is 8.63. The van der Waals surface area contributed by atoms with Crippen molar-refractivity contribution in [3.05, 3.63) is 60.7 Å². The highest BCUT2D eigenvalue weighted by molar-refractivity contribution is 6.01. The van der Waals surface area contributed by atoms with E-state index in [1.54, 1.807) is 6.20 Å². The van der Waals surface area contributed by atoms with Crippen LogP contribution in [0.1, 0.15) is 51.8 Å². The van der Waals surface area contributed by atoms with Crippen molar-refractivity contribution in [2.75, 3.05) is 6.61 Å². The van der Waals surface area contributed by atoms with Gasteiger partial charge in [0.15, 0.2) is 12.2 Å². The van der Waals surface area contributed by atoms with Gasteiger partial charge in [0.25, 0.3) is 0 Å². The molecule has 0 amide bonds. The fourth-order valence-electron chi connectivity index (χ4n) is 4.19. The van der Waals surface area contributed by atoms with Gasteiger partial charge < -0.3 is 9.15 Å². The van der Waals surface area contributed by atoms with Crippen molar-refractivity contribution in [3.63, 3.8) is 0 Å². The SMILES string of the molecule is CC(C)(C)c1ccc(-c2ccc3nn(C4CCCCO4)cc3c2-c2cnco2)cc1. The van der Waals surface area contributed by atoms with Crippen LogP contribution in [0, 0.1) is 0 Å². The first kappa shape index (κ1) is 19.1. The van der Waals surface area contributed by atoms with Gasteiger partial charge in [0.1, 0.15) is 6.23 Å². The molecule has 154 valence electrons. The fraction of sp³-hybridized carbons (Fsp3) is 0.360. The molecule has 5 rings (SSSR count). The second kappa shape index (κ2) is 7.40. The first-order valence-corrected chi connectivity index (χ1v) is 10.6. The van der Waals surface area contributed by atoms with E-state index in [0.29, 0.717) is 0 Å². The first-order chi connectivity index (χ1) is 14.5. The maximum atomic E-state index is 5.95. The third kappa shape index (κ3) is 3.43. The summed E-state index contributed by atoms with van der Waals surface area (Å²) in [5, 5.41) is 5.87. The van der Waals surface area contributed by atoms with Gasteiger partial charge in [-0.1, -0.05) is 51.1 Å². The monoisotopic (exact) mass is 401 g/mol. The maximum absolute atomic E-state index is 5.95. The van der Waals surface area contributed by atoms with Gasteiger partial charge in [-0.3, -0.25) is 0 Å². The van der Waals surface area contributed by atoms with Gasteiger partial charge in [-0.15, -0.1) is 0 Å². The summed E-state index contributed by atoms with van der Waals surface area (Å²) < 4.78 is 13.7. The number of ether oxygens (including phenoxy) is 1. The molecule has 5 nitrogen and oxygen atoms in total. The maximum Gasteiger partial charge on any atom is 0.181 e. The molecule has 1 saturated heterocycles. The second-order valence-electron chi connectivity index (χ2n) is 9.04. The lowest BCUT2D eigenvalue weighted by atomic mass is 9.85. The molecule has 1 fully saturated rings. The highest BCUT2D eigenvalue weighted by Gasteiger charge is 2.21. The Morgan fingerprint density at radius 1 is 1.03 bits per heavy atom. The Hall–Kier alpha value is -2.92. The van der Waals surface area contributed by atoms with E-state index in [-0.39, 0.29) is 11.6 Å². The predicted octanol–water partition coefficient (Wildman–Crippen LogP) is 6.35. The molecular weight excluding hydrogens is 374 g/mol. The van der Waals surface area contributed by atoms with Gasteiger partial charge in [-0.2, -0.15) is 5.10 Å². The van der Waals surface area contributed by atoms with Gasteiger partial charge >= 0.3 is 0 Å². The second-order valence-corrected chi connectivity index (χ2v) is 9.04. The Morgan fingerprint density at radius 2 is 1.87 bits per heavy atom. The molecule has 0 saturated carbocycles. The van der Waals surface area contributed by atoms with E-state index in [1.807, 2.05) is 4.68 Å². The van der Waals surface area contributed by atoms with E-state index in [4.69, 9.17) is 14.3 Å². The highest BCUT2D eigenvalue weighted by atomic mass is 16.5. The molecule has 1 atom stereocenters. The molecule has 2 aromatic carbocycles. The zero-order valence-electron chi connectivity index (χ0n) is 17.8. The van der Waals surface area contributed by atoms with E-state index in [0.717, 1.165) is 52.8 Å². The Labute approximate surface area is 176 Å². The normalized spacial score (nSPS) is 17.5. The molecule has 0 N–H and O–H groups in total. The zero-order valence-corrected chi connectivity index (χ0v) is 17.8. The van der Waals surface area contributed by atoms with Crippen LogP contribution in [0.5, 0.6) is 0 Å². The van der Waals surface area contributed by atoms with Crippen molar-refractivity contribution in [2.45, 2.75) is 51.7 Å². The minimum atomic E-state index is 0.00300. The van der Waals surface area contributed by atoms with Crippen LogP contribution in [0.2, 0.25) is 0 Å². The van der Waals surface area contributed by atoms with Crippen LogP contribution in [-0.2, 0) is 10.2 Å².